The average molecular weight is 360 g/mol. The van der Waals surface area contributed by atoms with Crippen LogP contribution in [0.4, 0.5) is 17.6 Å². The van der Waals surface area contributed by atoms with Crippen molar-refractivity contribution < 1.29 is 37.0 Å². The van der Waals surface area contributed by atoms with Crippen LogP contribution in [0.3, 0.4) is 0 Å². The molecule has 0 amide bonds. The standard InChI is InChI=1S/C17H16F4O4/c1-8(14(22)23)5-17(7-16(17,2)3)15(24)25-6-9-12(20)10(18)4-11(19)13(9)21/h4-5H,6-7H2,1-3H3,(H,22,23). The number of halogens is 4. The van der Waals surface area contributed by atoms with Gasteiger partial charge in [-0.1, -0.05) is 19.9 Å². The van der Waals surface area contributed by atoms with E-state index in [2.05, 4.69) is 0 Å². The second kappa shape index (κ2) is 6.16. The first-order valence-electron chi connectivity index (χ1n) is 7.35. The predicted molar refractivity (Wildman–Crippen MR) is 78.3 cm³/mol. The molecule has 0 saturated heterocycles. The molecule has 1 fully saturated rings. The first-order chi connectivity index (χ1) is 11.4. The summed E-state index contributed by atoms with van der Waals surface area (Å²) in [5.74, 6) is -8.64. The van der Waals surface area contributed by atoms with Crippen LogP contribution < -0.4 is 0 Å². The van der Waals surface area contributed by atoms with E-state index in [4.69, 9.17) is 9.84 Å². The molecule has 0 aromatic heterocycles. The number of carboxylic acid groups (broad SMARTS) is 1. The van der Waals surface area contributed by atoms with Gasteiger partial charge in [-0.05, 0) is 18.8 Å². The van der Waals surface area contributed by atoms with Gasteiger partial charge >= 0.3 is 11.9 Å². The largest absolute Gasteiger partial charge is 0.478 e. The van der Waals surface area contributed by atoms with Gasteiger partial charge in [0, 0.05) is 11.6 Å². The topological polar surface area (TPSA) is 63.6 Å². The summed E-state index contributed by atoms with van der Waals surface area (Å²) >= 11 is 0. The number of hydrogen-bond donors (Lipinski definition) is 1. The minimum Gasteiger partial charge on any atom is -0.478 e. The van der Waals surface area contributed by atoms with E-state index in [1.807, 2.05) is 0 Å². The van der Waals surface area contributed by atoms with Crippen molar-refractivity contribution in [2.45, 2.75) is 33.8 Å². The van der Waals surface area contributed by atoms with Crippen LogP contribution in [0.15, 0.2) is 17.7 Å². The monoisotopic (exact) mass is 360 g/mol. The number of aliphatic carboxylic acids is 1. The van der Waals surface area contributed by atoms with Crippen LogP contribution in [0.5, 0.6) is 0 Å². The molecule has 0 radical (unpaired) electrons. The molecule has 1 aliphatic rings. The van der Waals surface area contributed by atoms with E-state index in [0.717, 1.165) is 0 Å². The van der Waals surface area contributed by atoms with Crippen LogP contribution in [0.2, 0.25) is 0 Å². The molecular formula is C17H16F4O4. The molecule has 1 unspecified atom stereocenters. The number of esters is 1. The Labute approximate surface area is 141 Å². The summed E-state index contributed by atoms with van der Waals surface area (Å²) in [6.45, 7) is 3.68. The summed E-state index contributed by atoms with van der Waals surface area (Å²) in [5, 5.41) is 8.96. The van der Waals surface area contributed by atoms with Crippen LogP contribution in [-0.4, -0.2) is 17.0 Å². The number of carbonyl (C=O) groups excluding carboxylic acids is 1. The van der Waals surface area contributed by atoms with E-state index in [0.29, 0.717) is 0 Å². The third kappa shape index (κ3) is 3.25. The third-order valence-corrected chi connectivity index (χ3v) is 4.52. The molecule has 136 valence electrons. The number of carboxylic acids is 1. The smallest absolute Gasteiger partial charge is 0.330 e. The molecule has 8 heteroatoms. The highest BCUT2D eigenvalue weighted by Crippen LogP contribution is 2.65. The first kappa shape index (κ1) is 19.0. The number of rotatable bonds is 5. The summed E-state index contributed by atoms with van der Waals surface area (Å²) in [5.41, 5.74) is -3.02. The molecule has 1 N–H and O–H groups in total. The summed E-state index contributed by atoms with van der Waals surface area (Å²) in [6.07, 6.45) is 1.50. The number of ether oxygens (including phenoxy) is 1. The van der Waals surface area contributed by atoms with Crippen molar-refractivity contribution in [2.24, 2.45) is 10.8 Å². The van der Waals surface area contributed by atoms with E-state index >= 15 is 0 Å². The van der Waals surface area contributed by atoms with Gasteiger partial charge in [-0.25, -0.2) is 22.4 Å². The highest BCUT2D eigenvalue weighted by atomic mass is 19.2. The van der Waals surface area contributed by atoms with Crippen molar-refractivity contribution in [3.05, 3.63) is 46.5 Å². The maximum atomic E-state index is 13.6. The minimum atomic E-state index is -1.65. The van der Waals surface area contributed by atoms with Crippen LogP contribution >= 0.6 is 0 Å². The van der Waals surface area contributed by atoms with Gasteiger partial charge in [0.05, 0.1) is 11.0 Å². The number of hydrogen-bond acceptors (Lipinski definition) is 3. The number of benzene rings is 1. The van der Waals surface area contributed by atoms with E-state index in [9.17, 15) is 27.2 Å². The van der Waals surface area contributed by atoms with Crippen LogP contribution in [-0.2, 0) is 20.9 Å². The van der Waals surface area contributed by atoms with Crippen molar-refractivity contribution in [3.8, 4) is 0 Å². The Kier molecular flexibility index (Phi) is 4.67. The Hall–Kier alpha value is -2.38. The quantitative estimate of drug-likeness (QED) is 0.376. The molecule has 1 saturated carbocycles. The van der Waals surface area contributed by atoms with E-state index < -0.39 is 58.2 Å². The lowest BCUT2D eigenvalue weighted by Crippen LogP contribution is -2.23. The van der Waals surface area contributed by atoms with Gasteiger partial charge < -0.3 is 9.84 Å². The van der Waals surface area contributed by atoms with Crippen molar-refractivity contribution in [1.29, 1.82) is 0 Å². The fourth-order valence-electron chi connectivity index (χ4n) is 2.75. The van der Waals surface area contributed by atoms with Crippen molar-refractivity contribution in [1.82, 2.24) is 0 Å². The molecular weight excluding hydrogens is 344 g/mol. The van der Waals surface area contributed by atoms with Crippen LogP contribution in [0, 0.1) is 34.1 Å². The molecule has 25 heavy (non-hydrogen) atoms. The lowest BCUT2D eigenvalue weighted by atomic mass is 9.93. The first-order valence-corrected chi connectivity index (χ1v) is 7.35. The van der Waals surface area contributed by atoms with Crippen LogP contribution in [0.1, 0.15) is 32.8 Å². The lowest BCUT2D eigenvalue weighted by Gasteiger charge is -2.17. The fourth-order valence-corrected chi connectivity index (χ4v) is 2.75. The maximum absolute atomic E-state index is 13.6. The Morgan fingerprint density at radius 1 is 1.20 bits per heavy atom. The van der Waals surface area contributed by atoms with Crippen LogP contribution in [0.25, 0.3) is 0 Å². The van der Waals surface area contributed by atoms with Crippen molar-refractivity contribution >= 4 is 11.9 Å². The molecule has 1 aromatic rings. The Bertz CT molecular complexity index is 759. The second-order valence-electron chi connectivity index (χ2n) is 6.69. The average Bonchev–Trinajstić information content (AvgIpc) is 3.07. The Balaban J connectivity index is 2.26. The molecule has 2 rings (SSSR count). The van der Waals surface area contributed by atoms with Gasteiger partial charge in [-0.3, -0.25) is 4.79 Å². The highest BCUT2D eigenvalue weighted by Gasteiger charge is 2.66. The van der Waals surface area contributed by atoms with Gasteiger partial charge in [-0.15, -0.1) is 0 Å². The zero-order valence-electron chi connectivity index (χ0n) is 13.8. The molecule has 0 bridgehead atoms. The van der Waals surface area contributed by atoms with Gasteiger partial charge in [-0.2, -0.15) is 0 Å². The molecule has 0 aliphatic heterocycles. The molecule has 1 aromatic carbocycles. The van der Waals surface area contributed by atoms with E-state index in [1.54, 1.807) is 13.8 Å². The normalized spacial score (nSPS) is 21.8. The van der Waals surface area contributed by atoms with Gasteiger partial charge in [0.25, 0.3) is 0 Å². The summed E-state index contributed by atoms with van der Waals surface area (Å²) in [4.78, 5) is 23.4. The van der Waals surface area contributed by atoms with Gasteiger partial charge in [0.15, 0.2) is 23.3 Å². The zero-order valence-corrected chi connectivity index (χ0v) is 13.8. The highest BCUT2D eigenvalue weighted by molar-refractivity contribution is 5.90. The minimum absolute atomic E-state index is 0.0560. The van der Waals surface area contributed by atoms with Crippen molar-refractivity contribution in [2.75, 3.05) is 0 Å². The van der Waals surface area contributed by atoms with Gasteiger partial charge in [0.2, 0.25) is 0 Å². The predicted octanol–water partition coefficient (Wildman–Crippen LogP) is 3.73. The maximum Gasteiger partial charge on any atom is 0.330 e. The Morgan fingerprint density at radius 2 is 1.68 bits per heavy atom. The number of carbonyl (C=O) groups is 2. The summed E-state index contributed by atoms with van der Waals surface area (Å²) in [6, 6.07) is 0.0560. The van der Waals surface area contributed by atoms with Crippen molar-refractivity contribution in [3.63, 3.8) is 0 Å². The fraction of sp³-hybridized carbons (Fsp3) is 0.412. The lowest BCUT2D eigenvalue weighted by molar-refractivity contribution is -0.151. The molecule has 1 aliphatic carbocycles. The van der Waals surface area contributed by atoms with E-state index in [-0.39, 0.29) is 18.1 Å². The second-order valence-corrected chi connectivity index (χ2v) is 6.69. The molecule has 1 atom stereocenters. The zero-order chi connectivity index (χ0) is 19.2. The SMILES string of the molecule is CC(=CC1(C(=O)OCc2c(F)c(F)cc(F)c2F)CC1(C)C)C(=O)O. The molecule has 0 spiro atoms. The molecule has 4 nitrogen and oxygen atoms in total. The Morgan fingerprint density at radius 3 is 2.08 bits per heavy atom. The molecule has 0 heterocycles. The van der Waals surface area contributed by atoms with Gasteiger partial charge in [0.1, 0.15) is 6.61 Å². The third-order valence-electron chi connectivity index (χ3n) is 4.52. The summed E-state index contributed by atoms with van der Waals surface area (Å²) in [7, 11) is 0. The summed E-state index contributed by atoms with van der Waals surface area (Å²) < 4.78 is 58.4. The van der Waals surface area contributed by atoms with E-state index in [1.165, 1.54) is 13.0 Å².